The number of ketones is 1. The second-order valence-electron chi connectivity index (χ2n) is 7.61. The molecule has 0 spiro atoms. The first kappa shape index (κ1) is 14.3. The summed E-state index contributed by atoms with van der Waals surface area (Å²) >= 11 is 0. The molecule has 5 heteroatoms. The lowest BCUT2D eigenvalue weighted by molar-refractivity contribution is 0.0317. The Balaban J connectivity index is 1.19. The average molecular weight is 322 g/mol. The van der Waals surface area contributed by atoms with Crippen LogP contribution in [0.2, 0.25) is 0 Å². The lowest BCUT2D eigenvalue weighted by Gasteiger charge is -2.45. The molecule has 2 aliphatic carbocycles. The van der Waals surface area contributed by atoms with Gasteiger partial charge < -0.3 is 0 Å². The van der Waals surface area contributed by atoms with E-state index < -0.39 is 0 Å². The third-order valence-electron chi connectivity index (χ3n) is 5.79. The van der Waals surface area contributed by atoms with Crippen molar-refractivity contribution in [3.05, 3.63) is 47.8 Å². The number of rotatable bonds is 6. The Hall–Kier alpha value is -2.01. The molecule has 0 radical (unpaired) electrons. The van der Waals surface area contributed by atoms with Gasteiger partial charge in [0.2, 0.25) is 0 Å². The Labute approximate surface area is 141 Å². The van der Waals surface area contributed by atoms with Gasteiger partial charge in [0.15, 0.2) is 5.78 Å². The third kappa shape index (κ3) is 2.38. The van der Waals surface area contributed by atoms with Crippen molar-refractivity contribution in [1.82, 2.24) is 19.9 Å². The monoisotopic (exact) mass is 322 g/mol. The summed E-state index contributed by atoms with van der Waals surface area (Å²) in [6, 6.07) is 11.3. The van der Waals surface area contributed by atoms with Crippen LogP contribution >= 0.6 is 0 Å². The second-order valence-corrected chi connectivity index (χ2v) is 7.61. The fourth-order valence-corrected chi connectivity index (χ4v) is 3.99. The van der Waals surface area contributed by atoms with Gasteiger partial charge in [-0.15, -0.1) is 5.10 Å². The van der Waals surface area contributed by atoms with Gasteiger partial charge in [-0.3, -0.25) is 9.69 Å². The average Bonchev–Trinajstić information content (AvgIpc) is 3.50. The molecule has 24 heavy (non-hydrogen) atoms. The standard InChI is InChI=1S/C19H22N4O/c24-18(17-13-23(21-20-17)16-6-7-16)10-14-11-22(12-14)19(8-9-19)15-4-2-1-3-5-15/h1-5,13-14,16H,6-12H2. The van der Waals surface area contributed by atoms with Gasteiger partial charge in [-0.25, -0.2) is 4.68 Å². The van der Waals surface area contributed by atoms with Crippen LogP contribution in [0.5, 0.6) is 0 Å². The Morgan fingerprint density at radius 2 is 1.92 bits per heavy atom. The van der Waals surface area contributed by atoms with E-state index in [1.165, 1.54) is 18.4 Å². The number of likely N-dealkylation sites (tertiary alicyclic amines) is 1. The first-order valence-corrected chi connectivity index (χ1v) is 9.00. The maximum absolute atomic E-state index is 12.4. The normalized spacial score (nSPS) is 23.0. The van der Waals surface area contributed by atoms with E-state index in [9.17, 15) is 4.79 Å². The fourth-order valence-electron chi connectivity index (χ4n) is 3.99. The molecule has 0 N–H and O–H groups in total. The molecule has 0 amide bonds. The van der Waals surface area contributed by atoms with E-state index in [1.807, 2.05) is 10.9 Å². The predicted molar refractivity (Wildman–Crippen MR) is 89.7 cm³/mol. The smallest absolute Gasteiger partial charge is 0.185 e. The van der Waals surface area contributed by atoms with E-state index in [0.717, 1.165) is 25.9 Å². The molecular formula is C19H22N4O. The highest BCUT2D eigenvalue weighted by Crippen LogP contribution is 2.53. The van der Waals surface area contributed by atoms with Crippen LogP contribution in [-0.2, 0) is 5.54 Å². The van der Waals surface area contributed by atoms with Crippen LogP contribution in [0, 0.1) is 5.92 Å². The van der Waals surface area contributed by atoms with Gasteiger partial charge in [-0.2, -0.15) is 0 Å². The molecule has 1 aromatic carbocycles. The number of carbonyl (C=O) groups is 1. The Bertz CT molecular complexity index is 755. The molecule has 2 heterocycles. The molecule has 0 bridgehead atoms. The SMILES string of the molecule is O=C(CC1CN(C2(c3ccccc3)CC2)C1)c1cn(C2CC2)nn1. The zero-order chi connectivity index (χ0) is 16.1. The topological polar surface area (TPSA) is 51.0 Å². The number of aromatic nitrogens is 3. The van der Waals surface area contributed by atoms with Gasteiger partial charge in [0.1, 0.15) is 5.69 Å². The minimum atomic E-state index is 0.149. The van der Waals surface area contributed by atoms with E-state index in [-0.39, 0.29) is 11.3 Å². The van der Waals surface area contributed by atoms with Crippen LogP contribution in [0.15, 0.2) is 36.5 Å². The highest BCUT2D eigenvalue weighted by Gasteiger charge is 2.53. The third-order valence-corrected chi connectivity index (χ3v) is 5.79. The fraction of sp³-hybridized carbons (Fsp3) is 0.526. The highest BCUT2D eigenvalue weighted by atomic mass is 16.1. The van der Waals surface area contributed by atoms with Gasteiger partial charge >= 0.3 is 0 Å². The van der Waals surface area contributed by atoms with Crippen molar-refractivity contribution in [3.8, 4) is 0 Å². The van der Waals surface area contributed by atoms with Crippen LogP contribution in [-0.4, -0.2) is 38.8 Å². The van der Waals surface area contributed by atoms with Crippen LogP contribution in [0.1, 0.15) is 54.2 Å². The number of hydrogen-bond acceptors (Lipinski definition) is 4. The summed E-state index contributed by atoms with van der Waals surface area (Å²) in [5, 5.41) is 8.16. The molecule has 3 aliphatic rings. The van der Waals surface area contributed by atoms with Gasteiger partial charge in [-0.1, -0.05) is 35.5 Å². The Morgan fingerprint density at radius 1 is 1.17 bits per heavy atom. The molecule has 124 valence electrons. The van der Waals surface area contributed by atoms with Crippen molar-refractivity contribution in [3.63, 3.8) is 0 Å². The molecule has 0 unspecified atom stereocenters. The van der Waals surface area contributed by atoms with Gasteiger partial charge in [-0.05, 0) is 37.2 Å². The van der Waals surface area contributed by atoms with Crippen LogP contribution in [0.25, 0.3) is 0 Å². The van der Waals surface area contributed by atoms with Crippen LogP contribution in [0.3, 0.4) is 0 Å². The first-order chi connectivity index (χ1) is 11.7. The number of nitrogens with zero attached hydrogens (tertiary/aromatic N) is 4. The molecule has 3 fully saturated rings. The highest BCUT2D eigenvalue weighted by molar-refractivity contribution is 5.94. The van der Waals surface area contributed by atoms with E-state index in [2.05, 4.69) is 45.5 Å². The molecule has 2 saturated carbocycles. The molecule has 2 aromatic rings. The summed E-state index contributed by atoms with van der Waals surface area (Å²) in [6.45, 7) is 2.05. The molecular weight excluding hydrogens is 300 g/mol. The van der Waals surface area contributed by atoms with Crippen molar-refractivity contribution >= 4 is 5.78 Å². The van der Waals surface area contributed by atoms with E-state index >= 15 is 0 Å². The molecule has 1 saturated heterocycles. The largest absolute Gasteiger partial charge is 0.293 e. The van der Waals surface area contributed by atoms with Crippen LogP contribution < -0.4 is 0 Å². The van der Waals surface area contributed by atoms with Gasteiger partial charge in [0.05, 0.1) is 12.2 Å². The summed E-state index contributed by atoms with van der Waals surface area (Å²) in [7, 11) is 0. The molecule has 5 nitrogen and oxygen atoms in total. The minimum Gasteiger partial charge on any atom is -0.293 e. The zero-order valence-electron chi connectivity index (χ0n) is 13.8. The van der Waals surface area contributed by atoms with Gasteiger partial charge in [0.25, 0.3) is 0 Å². The number of carbonyl (C=O) groups excluding carboxylic acids is 1. The molecule has 1 aromatic heterocycles. The maximum atomic E-state index is 12.4. The minimum absolute atomic E-state index is 0.149. The lowest BCUT2D eigenvalue weighted by atomic mass is 9.89. The van der Waals surface area contributed by atoms with Crippen molar-refractivity contribution in [1.29, 1.82) is 0 Å². The second kappa shape index (κ2) is 5.24. The number of benzene rings is 1. The van der Waals surface area contributed by atoms with Crippen LogP contribution in [0.4, 0.5) is 0 Å². The number of hydrogen-bond donors (Lipinski definition) is 0. The van der Waals surface area contributed by atoms with Crippen molar-refractivity contribution in [2.24, 2.45) is 5.92 Å². The zero-order valence-corrected chi connectivity index (χ0v) is 13.8. The summed E-state index contributed by atoms with van der Waals surface area (Å²) in [5.74, 6) is 0.612. The van der Waals surface area contributed by atoms with E-state index in [1.54, 1.807) is 0 Å². The summed E-state index contributed by atoms with van der Waals surface area (Å²) in [6.07, 6.45) is 7.25. The summed E-state index contributed by atoms with van der Waals surface area (Å²) < 4.78 is 1.86. The summed E-state index contributed by atoms with van der Waals surface area (Å²) in [4.78, 5) is 15.0. The Kier molecular flexibility index (Phi) is 3.13. The quantitative estimate of drug-likeness (QED) is 0.768. The first-order valence-electron chi connectivity index (χ1n) is 9.00. The molecule has 0 atom stereocenters. The van der Waals surface area contributed by atoms with Crippen molar-refractivity contribution in [2.75, 3.05) is 13.1 Å². The lowest BCUT2D eigenvalue weighted by Crippen LogP contribution is -2.52. The molecule has 1 aliphatic heterocycles. The van der Waals surface area contributed by atoms with Gasteiger partial charge in [0, 0.05) is 25.0 Å². The van der Waals surface area contributed by atoms with Crippen molar-refractivity contribution in [2.45, 2.75) is 43.7 Å². The number of Topliss-reactive ketones (excluding diaryl/α,β-unsaturated/α-hetero) is 1. The maximum Gasteiger partial charge on any atom is 0.185 e. The van der Waals surface area contributed by atoms with E-state index in [4.69, 9.17) is 0 Å². The molecule has 5 rings (SSSR count). The predicted octanol–water partition coefficient (Wildman–Crippen LogP) is 2.81. The summed E-state index contributed by atoms with van der Waals surface area (Å²) in [5.41, 5.74) is 2.24. The Morgan fingerprint density at radius 3 is 2.58 bits per heavy atom. The van der Waals surface area contributed by atoms with E-state index in [0.29, 0.717) is 24.1 Å². The van der Waals surface area contributed by atoms with Crippen molar-refractivity contribution < 1.29 is 4.79 Å².